The van der Waals surface area contributed by atoms with Gasteiger partial charge < -0.3 is 9.73 Å². The predicted molar refractivity (Wildman–Crippen MR) is 83.6 cm³/mol. The zero-order valence-electron chi connectivity index (χ0n) is 12.1. The van der Waals surface area contributed by atoms with Crippen molar-refractivity contribution in [3.8, 4) is 0 Å². The molecule has 21 heavy (non-hydrogen) atoms. The summed E-state index contributed by atoms with van der Waals surface area (Å²) in [5, 5.41) is 13.2. The average molecular weight is 302 g/mol. The van der Waals surface area contributed by atoms with Gasteiger partial charge in [0.1, 0.15) is 5.76 Å². The Hall–Kier alpha value is -1.91. The zero-order chi connectivity index (χ0) is 15.0. The molecule has 1 unspecified atom stereocenters. The van der Waals surface area contributed by atoms with Gasteiger partial charge in [0.05, 0.1) is 22.5 Å². The third-order valence-electron chi connectivity index (χ3n) is 3.54. The molecule has 0 saturated carbocycles. The predicted octanol–water partition coefficient (Wildman–Crippen LogP) is 3.80. The van der Waals surface area contributed by atoms with Crippen molar-refractivity contribution in [2.45, 2.75) is 19.9 Å². The Balaban J connectivity index is 2.13. The molecule has 1 aromatic carbocycles. The molecule has 0 fully saturated rings. The Morgan fingerprint density at radius 2 is 2.00 bits per heavy atom. The minimum atomic E-state index is -0.0809. The molecule has 2 heterocycles. The first-order valence-electron chi connectivity index (χ1n) is 6.76. The molecular formula is C16H16ClN3O. The second kappa shape index (κ2) is 5.47. The molecule has 0 radical (unpaired) electrons. The molecule has 1 atom stereocenters. The van der Waals surface area contributed by atoms with Crippen LogP contribution in [0.3, 0.4) is 0 Å². The van der Waals surface area contributed by atoms with Crippen molar-refractivity contribution in [3.63, 3.8) is 0 Å². The number of halogens is 1. The van der Waals surface area contributed by atoms with Crippen LogP contribution < -0.4 is 5.32 Å². The van der Waals surface area contributed by atoms with Gasteiger partial charge in [0, 0.05) is 10.9 Å². The average Bonchev–Trinajstić information content (AvgIpc) is 2.89. The number of rotatable bonds is 3. The molecule has 0 aliphatic carbocycles. The largest absolute Gasteiger partial charge is 0.457 e. The molecule has 0 saturated heterocycles. The Bertz CT molecular complexity index is 797. The summed E-state index contributed by atoms with van der Waals surface area (Å²) in [4.78, 5) is 0. The van der Waals surface area contributed by atoms with E-state index in [4.69, 9.17) is 16.0 Å². The number of aromatic nitrogens is 2. The summed E-state index contributed by atoms with van der Waals surface area (Å²) in [5.74, 6) is 0.816. The molecular weight excluding hydrogens is 286 g/mol. The summed E-state index contributed by atoms with van der Waals surface area (Å²) in [6.07, 6.45) is 0. The van der Waals surface area contributed by atoms with Crippen molar-refractivity contribution in [2.24, 2.45) is 0 Å². The van der Waals surface area contributed by atoms with E-state index < -0.39 is 0 Å². The van der Waals surface area contributed by atoms with Crippen LogP contribution in [0.2, 0.25) is 5.02 Å². The van der Waals surface area contributed by atoms with Gasteiger partial charge in [0.15, 0.2) is 5.58 Å². The van der Waals surface area contributed by atoms with E-state index in [1.54, 1.807) is 0 Å². The summed E-state index contributed by atoms with van der Waals surface area (Å²) in [6, 6.07) is 9.69. The van der Waals surface area contributed by atoms with Crippen LogP contribution in [-0.2, 0) is 0 Å². The van der Waals surface area contributed by atoms with Gasteiger partial charge in [-0.2, -0.15) is 10.2 Å². The number of nitrogens with one attached hydrogen (secondary N) is 1. The second-order valence-electron chi connectivity index (χ2n) is 5.06. The monoisotopic (exact) mass is 301 g/mol. The molecule has 0 amide bonds. The fraction of sp³-hybridized carbons (Fsp3) is 0.250. The van der Waals surface area contributed by atoms with Crippen molar-refractivity contribution < 1.29 is 4.42 Å². The van der Waals surface area contributed by atoms with Crippen molar-refractivity contribution in [2.75, 3.05) is 7.05 Å². The highest BCUT2D eigenvalue weighted by Crippen LogP contribution is 2.32. The molecule has 1 N–H and O–H groups in total. The van der Waals surface area contributed by atoms with Crippen LogP contribution in [0.25, 0.3) is 11.0 Å². The van der Waals surface area contributed by atoms with Gasteiger partial charge in [0.25, 0.3) is 0 Å². The second-order valence-corrected chi connectivity index (χ2v) is 5.46. The third-order valence-corrected chi connectivity index (χ3v) is 3.84. The van der Waals surface area contributed by atoms with E-state index >= 15 is 0 Å². The Kier molecular flexibility index (Phi) is 3.66. The fourth-order valence-electron chi connectivity index (χ4n) is 2.50. The summed E-state index contributed by atoms with van der Waals surface area (Å²) in [6.45, 7) is 3.87. The van der Waals surface area contributed by atoms with Crippen molar-refractivity contribution in [1.29, 1.82) is 0 Å². The minimum Gasteiger partial charge on any atom is -0.457 e. The topological polar surface area (TPSA) is 51.0 Å². The molecule has 0 spiro atoms. The molecule has 108 valence electrons. The van der Waals surface area contributed by atoms with E-state index in [1.165, 1.54) is 0 Å². The Morgan fingerprint density at radius 3 is 2.71 bits per heavy atom. The standard InChI is InChI=1S/C16H16ClN3O/c1-9-7-12(10(2)20-19-9)15(18-3)14-8-11-5-4-6-13(17)16(11)21-14/h4-8,15,18H,1-3H3. The highest BCUT2D eigenvalue weighted by Gasteiger charge is 2.20. The number of hydrogen-bond donors (Lipinski definition) is 1. The van der Waals surface area contributed by atoms with Crippen LogP contribution in [0.5, 0.6) is 0 Å². The summed E-state index contributed by atoms with van der Waals surface area (Å²) in [5.41, 5.74) is 3.53. The fourth-order valence-corrected chi connectivity index (χ4v) is 2.72. The highest BCUT2D eigenvalue weighted by molar-refractivity contribution is 6.34. The SMILES string of the molecule is CNC(c1cc2cccc(Cl)c2o1)c1cc(C)nnc1C. The van der Waals surface area contributed by atoms with E-state index in [-0.39, 0.29) is 6.04 Å². The number of hydrogen-bond acceptors (Lipinski definition) is 4. The Labute approximate surface area is 128 Å². The van der Waals surface area contributed by atoms with E-state index in [0.29, 0.717) is 10.6 Å². The maximum atomic E-state index is 6.18. The van der Waals surface area contributed by atoms with E-state index in [0.717, 1.165) is 28.1 Å². The quantitative estimate of drug-likeness (QED) is 0.799. The molecule has 5 heteroatoms. The molecule has 0 aliphatic rings. The smallest absolute Gasteiger partial charge is 0.152 e. The zero-order valence-corrected chi connectivity index (χ0v) is 12.9. The number of benzene rings is 1. The van der Waals surface area contributed by atoms with Crippen LogP contribution in [-0.4, -0.2) is 17.2 Å². The van der Waals surface area contributed by atoms with E-state index in [2.05, 4.69) is 15.5 Å². The molecule has 2 aromatic heterocycles. The lowest BCUT2D eigenvalue weighted by molar-refractivity contribution is 0.489. The lowest BCUT2D eigenvalue weighted by Crippen LogP contribution is -2.19. The lowest BCUT2D eigenvalue weighted by atomic mass is 10.0. The summed E-state index contributed by atoms with van der Waals surface area (Å²) in [7, 11) is 1.90. The Morgan fingerprint density at radius 1 is 1.19 bits per heavy atom. The first-order valence-corrected chi connectivity index (χ1v) is 7.14. The van der Waals surface area contributed by atoms with Crippen molar-refractivity contribution >= 4 is 22.6 Å². The number of aryl methyl sites for hydroxylation is 2. The molecule has 3 rings (SSSR count). The number of nitrogens with zero attached hydrogens (tertiary/aromatic N) is 2. The van der Waals surface area contributed by atoms with Crippen LogP contribution in [0.15, 0.2) is 34.7 Å². The number of furan rings is 1. The number of para-hydroxylation sites is 1. The molecule has 0 aliphatic heterocycles. The van der Waals surface area contributed by atoms with Gasteiger partial charge >= 0.3 is 0 Å². The first kappa shape index (κ1) is 14.0. The molecule has 0 bridgehead atoms. The van der Waals surface area contributed by atoms with Gasteiger partial charge in [-0.15, -0.1) is 0 Å². The van der Waals surface area contributed by atoms with Gasteiger partial charge in [-0.3, -0.25) is 0 Å². The third kappa shape index (κ3) is 2.52. The first-order chi connectivity index (χ1) is 10.1. The lowest BCUT2D eigenvalue weighted by Gasteiger charge is -2.16. The van der Waals surface area contributed by atoms with Gasteiger partial charge in [-0.05, 0) is 39.1 Å². The number of fused-ring (bicyclic) bond motifs is 1. The van der Waals surface area contributed by atoms with Crippen LogP contribution in [0.1, 0.15) is 28.8 Å². The van der Waals surface area contributed by atoms with Gasteiger partial charge in [-0.1, -0.05) is 23.7 Å². The van der Waals surface area contributed by atoms with Crippen molar-refractivity contribution in [1.82, 2.24) is 15.5 Å². The van der Waals surface area contributed by atoms with Crippen LogP contribution in [0.4, 0.5) is 0 Å². The maximum absolute atomic E-state index is 6.18. The van der Waals surface area contributed by atoms with Gasteiger partial charge in [-0.25, -0.2) is 0 Å². The van der Waals surface area contributed by atoms with E-state index in [9.17, 15) is 0 Å². The maximum Gasteiger partial charge on any atom is 0.152 e. The van der Waals surface area contributed by atoms with Crippen LogP contribution >= 0.6 is 11.6 Å². The normalized spacial score (nSPS) is 12.8. The highest BCUT2D eigenvalue weighted by atomic mass is 35.5. The molecule has 3 aromatic rings. The summed E-state index contributed by atoms with van der Waals surface area (Å²) >= 11 is 6.18. The van der Waals surface area contributed by atoms with E-state index in [1.807, 2.05) is 51.2 Å². The summed E-state index contributed by atoms with van der Waals surface area (Å²) < 4.78 is 5.96. The van der Waals surface area contributed by atoms with Gasteiger partial charge in [0.2, 0.25) is 0 Å². The van der Waals surface area contributed by atoms with Crippen molar-refractivity contribution in [3.05, 3.63) is 58.1 Å². The molecule has 4 nitrogen and oxygen atoms in total. The minimum absolute atomic E-state index is 0.0809. The van der Waals surface area contributed by atoms with Crippen LogP contribution in [0, 0.1) is 13.8 Å².